The molecule has 0 amide bonds. The minimum Gasteiger partial charge on any atom is -0.329 e. The summed E-state index contributed by atoms with van der Waals surface area (Å²) in [6.07, 6.45) is -4.43. The molecule has 0 bridgehead atoms. The molecule has 0 fully saturated rings. The maximum atomic E-state index is 14.0. The number of rotatable bonds is 3. The van der Waals surface area contributed by atoms with E-state index >= 15 is 0 Å². The van der Waals surface area contributed by atoms with E-state index in [0.717, 1.165) is 15.2 Å². The van der Waals surface area contributed by atoms with Crippen molar-refractivity contribution < 1.29 is 30.5 Å². The molecule has 28 heavy (non-hydrogen) atoms. The van der Waals surface area contributed by atoms with Crippen molar-refractivity contribution in [3.8, 4) is 11.4 Å². The molecule has 0 saturated carbocycles. The maximum absolute atomic E-state index is 14.0. The lowest BCUT2D eigenvalue weighted by Gasteiger charge is -2.27. The Labute approximate surface area is 160 Å². The zero-order valence-corrected chi connectivity index (χ0v) is 15.5. The molecule has 0 saturated heterocycles. The Morgan fingerprint density at radius 1 is 1.21 bits per heavy atom. The van der Waals surface area contributed by atoms with Gasteiger partial charge in [0.25, 0.3) is 0 Å². The summed E-state index contributed by atoms with van der Waals surface area (Å²) < 4.78 is 83.1. The van der Waals surface area contributed by atoms with Crippen LogP contribution in [-0.4, -0.2) is 29.4 Å². The molecule has 0 aliphatic carbocycles. The lowest BCUT2D eigenvalue weighted by atomic mass is 10.1. The number of fused-ring (bicyclic) bond motifs is 1. The van der Waals surface area contributed by atoms with E-state index in [9.17, 15) is 26.0 Å². The number of halogens is 4. The third-order valence-corrected chi connectivity index (χ3v) is 7.23. The van der Waals surface area contributed by atoms with Crippen LogP contribution in [0.25, 0.3) is 11.4 Å². The zero-order chi connectivity index (χ0) is 20.1. The van der Waals surface area contributed by atoms with Crippen molar-refractivity contribution in [3.63, 3.8) is 0 Å². The molecular weight excluding hydrogens is 422 g/mol. The van der Waals surface area contributed by atoms with Crippen LogP contribution in [0.3, 0.4) is 0 Å². The molecule has 0 radical (unpaired) electrons. The van der Waals surface area contributed by atoms with Gasteiger partial charge in [-0.15, -0.1) is 11.3 Å². The monoisotopic (exact) mass is 433 g/mol. The van der Waals surface area contributed by atoms with E-state index < -0.39 is 32.8 Å². The van der Waals surface area contributed by atoms with Crippen molar-refractivity contribution in [2.45, 2.75) is 24.0 Å². The van der Waals surface area contributed by atoms with Gasteiger partial charge in [0.2, 0.25) is 15.8 Å². The summed E-state index contributed by atoms with van der Waals surface area (Å²) in [4.78, 5) is 3.73. The number of nitrogens with zero attached hydrogens (tertiary/aromatic N) is 3. The first kappa shape index (κ1) is 19.0. The standard InChI is InChI=1S/C16H11F4N3O3S2/c17-11-3-1-2-4-13(11)28(24,25)23-6-5-12-9(7-23)10(8-27-12)14-21-15(26-22-14)16(18,19)20/h1-4,8H,5-7H2. The summed E-state index contributed by atoms with van der Waals surface area (Å²) in [5.74, 6) is -2.61. The van der Waals surface area contributed by atoms with Crippen LogP contribution in [0, 0.1) is 5.82 Å². The van der Waals surface area contributed by atoms with Crippen molar-refractivity contribution in [2.24, 2.45) is 0 Å². The fraction of sp³-hybridized carbons (Fsp3) is 0.250. The molecule has 1 aliphatic heterocycles. The van der Waals surface area contributed by atoms with Gasteiger partial charge >= 0.3 is 12.1 Å². The maximum Gasteiger partial charge on any atom is 0.471 e. The van der Waals surface area contributed by atoms with Crippen LogP contribution < -0.4 is 0 Å². The molecule has 0 N–H and O–H groups in total. The Morgan fingerprint density at radius 3 is 2.64 bits per heavy atom. The average molecular weight is 433 g/mol. The fourth-order valence-corrected chi connectivity index (χ4v) is 5.43. The normalized spacial score (nSPS) is 15.6. The predicted molar refractivity (Wildman–Crippen MR) is 90.3 cm³/mol. The lowest BCUT2D eigenvalue weighted by Crippen LogP contribution is -2.36. The molecule has 0 unspecified atom stereocenters. The number of sulfonamides is 1. The Hall–Kier alpha value is -2.31. The Bertz CT molecular complexity index is 1140. The second kappa shape index (κ2) is 6.64. The van der Waals surface area contributed by atoms with E-state index in [4.69, 9.17) is 0 Å². The first-order valence-electron chi connectivity index (χ1n) is 7.93. The van der Waals surface area contributed by atoms with Crippen molar-refractivity contribution in [1.29, 1.82) is 0 Å². The topological polar surface area (TPSA) is 76.3 Å². The quantitative estimate of drug-likeness (QED) is 0.589. The second-order valence-corrected chi connectivity index (χ2v) is 8.86. The molecule has 3 aromatic rings. The van der Waals surface area contributed by atoms with E-state index in [1.54, 1.807) is 5.38 Å². The number of aromatic nitrogens is 2. The van der Waals surface area contributed by atoms with Crippen molar-refractivity contribution in [1.82, 2.24) is 14.4 Å². The van der Waals surface area contributed by atoms with Gasteiger partial charge in [0.1, 0.15) is 10.7 Å². The third kappa shape index (κ3) is 3.20. The Kier molecular flexibility index (Phi) is 4.51. The summed E-state index contributed by atoms with van der Waals surface area (Å²) in [7, 11) is -4.11. The number of alkyl halides is 3. The van der Waals surface area contributed by atoms with Crippen LogP contribution in [0.2, 0.25) is 0 Å². The minimum absolute atomic E-state index is 0.124. The minimum atomic E-state index is -4.78. The smallest absolute Gasteiger partial charge is 0.329 e. The van der Waals surface area contributed by atoms with Gasteiger partial charge < -0.3 is 4.52 Å². The molecule has 1 aliphatic rings. The van der Waals surface area contributed by atoms with Gasteiger partial charge in [-0.05, 0) is 24.1 Å². The first-order valence-corrected chi connectivity index (χ1v) is 10.2. The SMILES string of the molecule is O=S(=O)(c1ccccc1F)N1CCc2scc(-c3noc(C(F)(F)F)n3)c2C1. The van der Waals surface area contributed by atoms with E-state index in [-0.39, 0.29) is 24.5 Å². The lowest BCUT2D eigenvalue weighted by molar-refractivity contribution is -0.159. The van der Waals surface area contributed by atoms with Gasteiger partial charge in [0.05, 0.1) is 0 Å². The molecular formula is C16H11F4N3O3S2. The molecule has 0 atom stereocenters. The third-order valence-electron chi connectivity index (χ3n) is 4.27. The molecule has 3 heterocycles. The van der Waals surface area contributed by atoms with Gasteiger partial charge in [0, 0.05) is 28.9 Å². The molecule has 148 valence electrons. The van der Waals surface area contributed by atoms with Gasteiger partial charge in [-0.3, -0.25) is 0 Å². The highest BCUT2D eigenvalue weighted by atomic mass is 32.2. The van der Waals surface area contributed by atoms with Crippen molar-refractivity contribution in [2.75, 3.05) is 6.54 Å². The Balaban J connectivity index is 1.69. The summed E-state index contributed by atoms with van der Waals surface area (Å²) in [6, 6.07) is 5.02. The number of hydrogen-bond donors (Lipinski definition) is 0. The van der Waals surface area contributed by atoms with Gasteiger partial charge in [-0.1, -0.05) is 17.3 Å². The summed E-state index contributed by atoms with van der Waals surface area (Å²) in [5, 5.41) is 4.93. The molecule has 12 heteroatoms. The molecule has 6 nitrogen and oxygen atoms in total. The number of hydrogen-bond acceptors (Lipinski definition) is 6. The number of benzene rings is 1. The highest BCUT2D eigenvalue weighted by Crippen LogP contribution is 2.37. The van der Waals surface area contributed by atoms with E-state index in [1.165, 1.54) is 29.5 Å². The fourth-order valence-electron chi connectivity index (χ4n) is 2.92. The van der Waals surface area contributed by atoms with Crippen LogP contribution >= 0.6 is 11.3 Å². The Morgan fingerprint density at radius 2 is 1.96 bits per heavy atom. The summed E-state index contributed by atoms with van der Waals surface area (Å²) in [6.45, 7) is 0.00436. The highest BCUT2D eigenvalue weighted by Gasteiger charge is 2.39. The van der Waals surface area contributed by atoms with Crippen LogP contribution in [0.15, 0.2) is 39.1 Å². The van der Waals surface area contributed by atoms with Gasteiger partial charge in [-0.2, -0.15) is 22.5 Å². The van der Waals surface area contributed by atoms with E-state index in [1.807, 2.05) is 0 Å². The van der Waals surface area contributed by atoms with E-state index in [2.05, 4.69) is 14.7 Å². The zero-order valence-electron chi connectivity index (χ0n) is 13.9. The van der Waals surface area contributed by atoms with Gasteiger partial charge in [0.15, 0.2) is 0 Å². The molecule has 2 aromatic heterocycles. The molecule has 1 aromatic carbocycles. The van der Waals surface area contributed by atoms with Crippen molar-refractivity contribution in [3.05, 3.63) is 51.8 Å². The van der Waals surface area contributed by atoms with Gasteiger partial charge in [-0.25, -0.2) is 12.8 Å². The van der Waals surface area contributed by atoms with E-state index in [0.29, 0.717) is 12.0 Å². The van der Waals surface area contributed by atoms with Crippen LogP contribution in [-0.2, 0) is 29.2 Å². The second-order valence-electron chi connectivity index (χ2n) is 5.99. The summed E-state index contributed by atoms with van der Waals surface area (Å²) >= 11 is 1.28. The highest BCUT2D eigenvalue weighted by molar-refractivity contribution is 7.89. The predicted octanol–water partition coefficient (Wildman–Crippen LogP) is 3.70. The first-order chi connectivity index (χ1) is 13.2. The van der Waals surface area contributed by atoms with Crippen LogP contribution in [0.1, 0.15) is 16.3 Å². The van der Waals surface area contributed by atoms with Crippen molar-refractivity contribution >= 4 is 21.4 Å². The van der Waals surface area contributed by atoms with Crippen LogP contribution in [0.4, 0.5) is 17.6 Å². The number of thiophene rings is 1. The largest absolute Gasteiger partial charge is 0.471 e. The average Bonchev–Trinajstić information content (AvgIpc) is 3.27. The van der Waals surface area contributed by atoms with Crippen LogP contribution in [0.5, 0.6) is 0 Å². The molecule has 0 spiro atoms. The molecule has 4 rings (SSSR count). The summed E-state index contributed by atoms with van der Waals surface area (Å²) in [5.41, 5.74) is 0.762.